The number of anilines is 1. The van der Waals surface area contributed by atoms with Crippen molar-refractivity contribution in [2.24, 2.45) is 5.14 Å². The molecule has 1 heterocycles. The zero-order valence-corrected chi connectivity index (χ0v) is 13.1. The molecule has 0 aliphatic rings. The highest BCUT2D eigenvalue weighted by molar-refractivity contribution is 7.89. The summed E-state index contributed by atoms with van der Waals surface area (Å²) in [7, 11) is -3.66. The molecule has 0 spiro atoms. The molecule has 2 rings (SSSR count). The van der Waals surface area contributed by atoms with Gasteiger partial charge in [-0.25, -0.2) is 13.6 Å². The third-order valence-electron chi connectivity index (χ3n) is 3.06. The van der Waals surface area contributed by atoms with Crippen molar-refractivity contribution < 1.29 is 8.42 Å². The summed E-state index contributed by atoms with van der Waals surface area (Å²) in [5.74, 6) is 0. The third-order valence-corrected chi connectivity index (χ3v) is 5.20. The van der Waals surface area contributed by atoms with Gasteiger partial charge in [0, 0.05) is 22.0 Å². The Kier molecular flexibility index (Phi) is 4.47. The molecule has 0 aliphatic carbocycles. The van der Waals surface area contributed by atoms with Gasteiger partial charge in [-0.15, -0.1) is 11.3 Å². The van der Waals surface area contributed by atoms with E-state index in [1.165, 1.54) is 15.8 Å². The normalized spacial score (nSPS) is 11.6. The predicted octanol–water partition coefficient (Wildman–Crippen LogP) is 2.88. The number of thiophene rings is 1. The monoisotopic (exact) mass is 310 g/mol. The minimum atomic E-state index is -3.66. The molecule has 2 aromatic rings. The Morgan fingerprint density at radius 3 is 2.50 bits per heavy atom. The summed E-state index contributed by atoms with van der Waals surface area (Å²) in [6.07, 6.45) is 1.03. The Labute approximate surface area is 123 Å². The molecule has 1 aromatic carbocycles. The zero-order valence-electron chi connectivity index (χ0n) is 11.5. The molecule has 0 aliphatic heterocycles. The summed E-state index contributed by atoms with van der Waals surface area (Å²) in [6, 6.07) is 9.08. The first kappa shape index (κ1) is 15.0. The largest absolute Gasteiger partial charge is 0.380 e. The van der Waals surface area contributed by atoms with Crippen LogP contribution in [-0.2, 0) is 23.0 Å². The third kappa shape index (κ3) is 3.59. The second-order valence-corrected chi connectivity index (χ2v) is 7.41. The molecule has 6 heteroatoms. The lowest BCUT2D eigenvalue weighted by atomic mass is 10.2. The van der Waals surface area contributed by atoms with Gasteiger partial charge in [-0.1, -0.05) is 13.0 Å². The number of hydrogen-bond donors (Lipinski definition) is 2. The molecule has 0 radical (unpaired) electrons. The molecule has 20 heavy (non-hydrogen) atoms. The van der Waals surface area contributed by atoms with Crippen LogP contribution in [0.4, 0.5) is 5.69 Å². The molecule has 0 fully saturated rings. The molecule has 108 valence electrons. The number of nitrogens with one attached hydrogen (secondary N) is 1. The number of primary sulfonamides is 1. The summed E-state index contributed by atoms with van der Waals surface area (Å²) in [5, 5.41) is 8.42. The number of rotatable bonds is 5. The van der Waals surface area contributed by atoms with Gasteiger partial charge in [-0.3, -0.25) is 0 Å². The first-order chi connectivity index (χ1) is 9.40. The minimum Gasteiger partial charge on any atom is -0.380 e. The van der Waals surface area contributed by atoms with E-state index in [1.807, 2.05) is 6.92 Å². The van der Waals surface area contributed by atoms with Crippen LogP contribution in [0.2, 0.25) is 0 Å². The summed E-state index contributed by atoms with van der Waals surface area (Å²) in [4.78, 5) is 2.70. The van der Waals surface area contributed by atoms with Crippen LogP contribution in [0.15, 0.2) is 35.2 Å². The van der Waals surface area contributed by atoms with Crippen molar-refractivity contribution in [1.82, 2.24) is 0 Å². The molecule has 0 saturated heterocycles. The average Bonchev–Trinajstić information content (AvgIpc) is 2.84. The van der Waals surface area contributed by atoms with E-state index in [0.29, 0.717) is 6.54 Å². The second-order valence-electron chi connectivity index (χ2n) is 4.60. The maximum Gasteiger partial charge on any atom is 0.238 e. The fourth-order valence-electron chi connectivity index (χ4n) is 1.86. The van der Waals surface area contributed by atoms with E-state index in [4.69, 9.17) is 5.14 Å². The van der Waals surface area contributed by atoms with Crippen molar-refractivity contribution in [2.75, 3.05) is 5.32 Å². The Morgan fingerprint density at radius 1 is 1.20 bits per heavy atom. The van der Waals surface area contributed by atoms with Gasteiger partial charge in [-0.2, -0.15) is 0 Å². The first-order valence-electron chi connectivity index (χ1n) is 6.35. The van der Waals surface area contributed by atoms with Gasteiger partial charge in [0.05, 0.1) is 4.90 Å². The van der Waals surface area contributed by atoms with Crippen molar-refractivity contribution in [3.05, 3.63) is 45.6 Å². The number of aryl methyl sites for hydroxylation is 2. The predicted molar refractivity (Wildman–Crippen MR) is 83.6 cm³/mol. The fourth-order valence-corrected chi connectivity index (χ4v) is 3.30. The topological polar surface area (TPSA) is 72.2 Å². The highest BCUT2D eigenvalue weighted by Gasteiger charge is 2.10. The molecule has 0 saturated carbocycles. The van der Waals surface area contributed by atoms with E-state index in [0.717, 1.165) is 17.7 Å². The highest BCUT2D eigenvalue weighted by Crippen LogP contribution is 2.22. The molecule has 1 aromatic heterocycles. The van der Waals surface area contributed by atoms with Crippen LogP contribution in [-0.4, -0.2) is 8.42 Å². The number of benzene rings is 1. The summed E-state index contributed by atoms with van der Waals surface area (Å²) in [6.45, 7) is 4.74. The van der Waals surface area contributed by atoms with E-state index < -0.39 is 10.0 Å². The van der Waals surface area contributed by atoms with Gasteiger partial charge in [-0.05, 0) is 43.2 Å². The summed E-state index contributed by atoms with van der Waals surface area (Å²) >= 11 is 1.76. The Bertz CT molecular complexity index is 706. The van der Waals surface area contributed by atoms with Gasteiger partial charge in [0.25, 0.3) is 0 Å². The molecule has 0 unspecified atom stereocenters. The van der Waals surface area contributed by atoms with Crippen molar-refractivity contribution in [3.8, 4) is 0 Å². The quantitative estimate of drug-likeness (QED) is 0.892. The number of hydrogen-bond acceptors (Lipinski definition) is 4. The fraction of sp³-hybridized carbons (Fsp3) is 0.286. The van der Waals surface area contributed by atoms with Gasteiger partial charge in [0.15, 0.2) is 0 Å². The van der Waals surface area contributed by atoms with Crippen LogP contribution in [0, 0.1) is 6.92 Å². The molecule has 0 bridgehead atoms. The van der Waals surface area contributed by atoms with Gasteiger partial charge in [0.1, 0.15) is 0 Å². The van der Waals surface area contributed by atoms with Gasteiger partial charge in [0.2, 0.25) is 10.0 Å². The van der Waals surface area contributed by atoms with Crippen LogP contribution in [0.3, 0.4) is 0 Å². The smallest absolute Gasteiger partial charge is 0.238 e. The van der Waals surface area contributed by atoms with Crippen molar-refractivity contribution in [3.63, 3.8) is 0 Å². The van der Waals surface area contributed by atoms with E-state index >= 15 is 0 Å². The van der Waals surface area contributed by atoms with E-state index in [9.17, 15) is 8.42 Å². The molecular weight excluding hydrogens is 292 g/mol. The lowest BCUT2D eigenvalue weighted by Gasteiger charge is -2.10. The minimum absolute atomic E-state index is 0.131. The van der Waals surface area contributed by atoms with Crippen LogP contribution in [0.1, 0.15) is 22.2 Å². The zero-order chi connectivity index (χ0) is 14.8. The average molecular weight is 310 g/mol. The van der Waals surface area contributed by atoms with E-state index in [2.05, 4.69) is 24.4 Å². The van der Waals surface area contributed by atoms with Crippen molar-refractivity contribution in [2.45, 2.75) is 31.7 Å². The maximum absolute atomic E-state index is 11.4. The maximum atomic E-state index is 11.4. The molecular formula is C14H18N2O2S2. The SMILES string of the molecule is CCc1ccc(CNc2cc(S(N)(=O)=O)ccc2C)s1. The lowest BCUT2D eigenvalue weighted by molar-refractivity contribution is 0.598. The highest BCUT2D eigenvalue weighted by atomic mass is 32.2. The molecule has 4 nitrogen and oxygen atoms in total. The standard InChI is InChI=1S/C14H18N2O2S2/c1-3-11-5-6-12(19-11)9-16-14-8-13(20(15,17)18)7-4-10(14)2/h4-8,16H,3,9H2,1-2H3,(H2,15,17,18). The van der Waals surface area contributed by atoms with Crippen molar-refractivity contribution in [1.29, 1.82) is 0 Å². The molecule has 0 atom stereocenters. The van der Waals surface area contributed by atoms with Crippen LogP contribution in [0.5, 0.6) is 0 Å². The van der Waals surface area contributed by atoms with Crippen LogP contribution in [0.25, 0.3) is 0 Å². The molecule has 3 N–H and O–H groups in total. The Morgan fingerprint density at radius 2 is 1.90 bits per heavy atom. The van der Waals surface area contributed by atoms with E-state index in [-0.39, 0.29) is 4.90 Å². The van der Waals surface area contributed by atoms with E-state index in [1.54, 1.807) is 23.5 Å². The first-order valence-corrected chi connectivity index (χ1v) is 8.71. The summed E-state index contributed by atoms with van der Waals surface area (Å²) in [5.41, 5.74) is 1.78. The number of sulfonamides is 1. The second kappa shape index (κ2) is 5.95. The lowest BCUT2D eigenvalue weighted by Crippen LogP contribution is -2.12. The summed E-state index contributed by atoms with van der Waals surface area (Å²) < 4.78 is 22.7. The number of nitrogens with two attached hydrogens (primary N) is 1. The van der Waals surface area contributed by atoms with Gasteiger partial charge >= 0.3 is 0 Å². The van der Waals surface area contributed by atoms with Crippen molar-refractivity contribution >= 4 is 27.0 Å². The Hall–Kier alpha value is -1.37. The Balaban J connectivity index is 2.16. The molecule has 0 amide bonds. The van der Waals surface area contributed by atoms with Gasteiger partial charge < -0.3 is 5.32 Å². The van der Waals surface area contributed by atoms with Crippen LogP contribution < -0.4 is 10.5 Å². The van der Waals surface area contributed by atoms with Crippen LogP contribution >= 0.6 is 11.3 Å².